The number of pyridine rings is 2. The van der Waals surface area contributed by atoms with Gasteiger partial charge in [-0.3, -0.25) is 0 Å². The molecule has 40 heavy (non-hydrogen) atoms. The molecule has 8 nitrogen and oxygen atoms in total. The Bertz CT molecular complexity index is 1720. The van der Waals surface area contributed by atoms with Gasteiger partial charge in [0.25, 0.3) is 0 Å². The Balaban J connectivity index is 0.000000220. The molecule has 2 heterocycles. The number of rotatable bonds is 6. The zero-order chi connectivity index (χ0) is 29.1. The molecule has 2 aromatic heterocycles. The standard InChI is InChI=1S/2C14H7ClFN3O/c15-14-10(7-18)3-4-13(19-14)20-8-11-2-1-9(6-17)5-12(11)16;15-13-4-3-10(7-18)14(19-13)20-8-11-2-1-9(6-17)5-12(11)16/h2*1-5H,8H2. The number of nitrogens with zero attached hydrogens (tertiary/aromatic N) is 6. The zero-order valence-electron chi connectivity index (χ0n) is 20.2. The van der Waals surface area contributed by atoms with Crippen LogP contribution in [0, 0.1) is 57.0 Å². The molecular weight excluding hydrogens is 561 g/mol. The second-order valence-corrected chi connectivity index (χ2v) is 8.36. The summed E-state index contributed by atoms with van der Waals surface area (Å²) < 4.78 is 37.9. The molecule has 2 aromatic carbocycles. The molecule has 0 atom stereocenters. The third-order valence-electron chi connectivity index (χ3n) is 4.99. The molecule has 0 bridgehead atoms. The first-order valence-electron chi connectivity index (χ1n) is 11.0. The van der Waals surface area contributed by atoms with Gasteiger partial charge in [0.15, 0.2) is 5.15 Å². The monoisotopic (exact) mass is 574 g/mol. The fourth-order valence-electron chi connectivity index (χ4n) is 2.96. The lowest BCUT2D eigenvalue weighted by atomic mass is 10.1. The number of benzene rings is 2. The highest BCUT2D eigenvalue weighted by molar-refractivity contribution is 6.30. The van der Waals surface area contributed by atoms with Gasteiger partial charge in [0.05, 0.1) is 28.8 Å². The van der Waals surface area contributed by atoms with Crippen molar-refractivity contribution in [2.24, 2.45) is 0 Å². The van der Waals surface area contributed by atoms with E-state index < -0.39 is 11.6 Å². The Kier molecular flexibility index (Phi) is 10.3. The largest absolute Gasteiger partial charge is 0.473 e. The predicted octanol–water partition coefficient (Wildman–Crippen LogP) is 6.39. The van der Waals surface area contributed by atoms with Crippen LogP contribution in [0.15, 0.2) is 60.7 Å². The minimum Gasteiger partial charge on any atom is -0.473 e. The number of hydrogen-bond acceptors (Lipinski definition) is 8. The highest BCUT2D eigenvalue weighted by Gasteiger charge is 2.10. The summed E-state index contributed by atoms with van der Waals surface area (Å²) in [6.45, 7) is -0.160. The van der Waals surface area contributed by atoms with E-state index in [1.165, 1.54) is 48.5 Å². The summed E-state index contributed by atoms with van der Waals surface area (Å²) in [6.07, 6.45) is 0. The van der Waals surface area contributed by atoms with Gasteiger partial charge in [-0.1, -0.05) is 35.3 Å². The maximum atomic E-state index is 13.7. The molecular formula is C28H14Cl2F2N6O2. The van der Waals surface area contributed by atoms with E-state index in [0.717, 1.165) is 12.1 Å². The van der Waals surface area contributed by atoms with Crippen molar-refractivity contribution in [2.45, 2.75) is 13.2 Å². The van der Waals surface area contributed by atoms with Gasteiger partial charge in [0.2, 0.25) is 11.8 Å². The molecule has 0 spiro atoms. The van der Waals surface area contributed by atoms with Crippen LogP contribution in [0.5, 0.6) is 11.8 Å². The molecule has 0 unspecified atom stereocenters. The van der Waals surface area contributed by atoms with Gasteiger partial charge in [0.1, 0.15) is 47.7 Å². The average molecular weight is 575 g/mol. The molecule has 0 aliphatic heterocycles. The van der Waals surface area contributed by atoms with Crippen LogP contribution < -0.4 is 9.47 Å². The SMILES string of the molecule is N#Cc1ccc(COc2ccc(C#N)c(Cl)n2)c(F)c1.N#Cc1ccc(COc2nc(Cl)ccc2C#N)c(F)c1. The predicted molar refractivity (Wildman–Crippen MR) is 139 cm³/mol. The summed E-state index contributed by atoms with van der Waals surface area (Å²) in [5, 5.41) is 35.1. The minimum atomic E-state index is -0.551. The van der Waals surface area contributed by atoms with E-state index in [4.69, 9.17) is 53.7 Å². The van der Waals surface area contributed by atoms with Crippen LogP contribution in [-0.4, -0.2) is 9.97 Å². The maximum absolute atomic E-state index is 13.7. The topological polar surface area (TPSA) is 139 Å². The Hall–Kier alpha value is -5.26. The van der Waals surface area contributed by atoms with Crippen LogP contribution in [0.1, 0.15) is 33.4 Å². The number of hydrogen-bond donors (Lipinski definition) is 0. The van der Waals surface area contributed by atoms with Gasteiger partial charge in [-0.15, -0.1) is 0 Å². The number of nitriles is 4. The van der Waals surface area contributed by atoms with Crippen molar-refractivity contribution in [3.63, 3.8) is 0 Å². The molecule has 0 aliphatic carbocycles. The van der Waals surface area contributed by atoms with Crippen LogP contribution in [0.4, 0.5) is 8.78 Å². The highest BCUT2D eigenvalue weighted by Crippen LogP contribution is 2.21. The smallest absolute Gasteiger partial charge is 0.233 e. The summed E-state index contributed by atoms with van der Waals surface area (Å²) in [7, 11) is 0. The first-order valence-corrected chi connectivity index (χ1v) is 11.8. The molecule has 4 rings (SSSR count). The van der Waals surface area contributed by atoms with Crippen molar-refractivity contribution in [2.75, 3.05) is 0 Å². The summed E-state index contributed by atoms with van der Waals surface area (Å²) >= 11 is 11.5. The van der Waals surface area contributed by atoms with E-state index in [1.54, 1.807) is 0 Å². The fraction of sp³-hybridized carbons (Fsp3) is 0.0714. The van der Waals surface area contributed by atoms with Gasteiger partial charge in [0, 0.05) is 17.2 Å². The van der Waals surface area contributed by atoms with Crippen molar-refractivity contribution in [1.29, 1.82) is 21.0 Å². The van der Waals surface area contributed by atoms with Gasteiger partial charge < -0.3 is 9.47 Å². The van der Waals surface area contributed by atoms with Crippen LogP contribution in [0.3, 0.4) is 0 Å². The molecule has 0 saturated heterocycles. The fourth-order valence-corrected chi connectivity index (χ4v) is 3.29. The van der Waals surface area contributed by atoms with Crippen LogP contribution >= 0.6 is 23.2 Å². The normalized spacial score (nSPS) is 9.60. The first-order chi connectivity index (χ1) is 19.3. The van der Waals surface area contributed by atoms with E-state index in [2.05, 4.69) is 9.97 Å². The summed E-state index contributed by atoms with van der Waals surface area (Å²) in [4.78, 5) is 7.74. The summed E-state index contributed by atoms with van der Waals surface area (Å²) in [6, 6.07) is 21.5. The van der Waals surface area contributed by atoms with Gasteiger partial charge in [-0.2, -0.15) is 21.0 Å². The molecule has 0 saturated carbocycles. The number of halogens is 4. The molecule has 0 fully saturated rings. The maximum Gasteiger partial charge on any atom is 0.233 e. The van der Waals surface area contributed by atoms with E-state index in [-0.39, 0.29) is 63.1 Å². The van der Waals surface area contributed by atoms with Crippen molar-refractivity contribution in [3.8, 4) is 36.0 Å². The van der Waals surface area contributed by atoms with Crippen molar-refractivity contribution < 1.29 is 18.3 Å². The molecule has 0 amide bonds. The van der Waals surface area contributed by atoms with Crippen molar-refractivity contribution in [3.05, 3.63) is 116 Å². The van der Waals surface area contributed by atoms with Crippen LogP contribution in [-0.2, 0) is 13.2 Å². The van der Waals surface area contributed by atoms with Crippen molar-refractivity contribution >= 4 is 23.2 Å². The van der Waals surface area contributed by atoms with E-state index in [0.29, 0.717) is 5.56 Å². The Labute approximate surface area is 237 Å². The average Bonchev–Trinajstić information content (AvgIpc) is 2.96. The molecule has 12 heteroatoms. The lowest BCUT2D eigenvalue weighted by molar-refractivity contribution is 0.287. The second-order valence-electron chi connectivity index (χ2n) is 7.61. The highest BCUT2D eigenvalue weighted by atomic mass is 35.5. The minimum absolute atomic E-state index is 0.0327. The van der Waals surface area contributed by atoms with Crippen molar-refractivity contribution in [1.82, 2.24) is 9.97 Å². The van der Waals surface area contributed by atoms with Crippen LogP contribution in [0.2, 0.25) is 10.3 Å². The summed E-state index contributed by atoms with van der Waals surface area (Å²) in [5.41, 5.74) is 1.48. The molecule has 0 N–H and O–H groups in total. The summed E-state index contributed by atoms with van der Waals surface area (Å²) in [5.74, 6) is -0.838. The molecule has 0 radical (unpaired) electrons. The third kappa shape index (κ3) is 7.87. The Morgan fingerprint density at radius 1 is 0.650 bits per heavy atom. The Morgan fingerprint density at radius 2 is 1.20 bits per heavy atom. The van der Waals surface area contributed by atoms with E-state index in [1.807, 2.05) is 24.3 Å². The lowest BCUT2D eigenvalue weighted by Gasteiger charge is -2.08. The zero-order valence-corrected chi connectivity index (χ0v) is 21.7. The Morgan fingerprint density at radius 3 is 1.70 bits per heavy atom. The molecule has 4 aromatic rings. The van der Waals surface area contributed by atoms with Gasteiger partial charge in [-0.25, -0.2) is 18.7 Å². The number of aromatic nitrogens is 2. The van der Waals surface area contributed by atoms with Gasteiger partial charge in [-0.05, 0) is 42.5 Å². The van der Waals surface area contributed by atoms with E-state index >= 15 is 0 Å². The third-order valence-corrected chi connectivity index (χ3v) is 5.49. The van der Waals surface area contributed by atoms with Crippen LogP contribution in [0.25, 0.3) is 0 Å². The quantitative estimate of drug-likeness (QED) is 0.241. The van der Waals surface area contributed by atoms with Gasteiger partial charge >= 0.3 is 0 Å². The first kappa shape index (κ1) is 29.3. The molecule has 0 aliphatic rings. The lowest BCUT2D eigenvalue weighted by Crippen LogP contribution is -2.02. The van der Waals surface area contributed by atoms with E-state index in [9.17, 15) is 8.78 Å². The number of ether oxygens (including phenoxy) is 2. The second kappa shape index (κ2) is 14.0. The molecule has 196 valence electrons.